The van der Waals surface area contributed by atoms with Crippen LogP contribution in [0, 0.1) is 0 Å². The zero-order chi connectivity index (χ0) is 9.14. The van der Waals surface area contributed by atoms with E-state index in [4.69, 9.17) is 22.4 Å². The first-order chi connectivity index (χ1) is 5.70. The molecule has 2 nitrogen and oxygen atoms in total. The normalized spacial score (nSPS) is 20.3. The first kappa shape index (κ1) is 10.5. The van der Waals surface area contributed by atoms with Gasteiger partial charge in [-0.15, -0.1) is 0 Å². The van der Waals surface area contributed by atoms with E-state index in [1.807, 2.05) is 0 Å². The highest BCUT2D eigenvalue weighted by Crippen LogP contribution is 2.06. The minimum atomic E-state index is -0.416. The van der Waals surface area contributed by atoms with Crippen LogP contribution >= 0.6 is 0 Å². The third kappa shape index (κ3) is 2.03. The summed E-state index contributed by atoms with van der Waals surface area (Å²) in [5.41, 5.74) is 0. The van der Waals surface area contributed by atoms with Gasteiger partial charge in [0.25, 0.3) is 0 Å². The fourth-order valence-electron chi connectivity index (χ4n) is 1.43. The standard InChI is InChI=1S/C7H14N2S3/c1-3-8-5-6-9(4-2)7(8)12(10)11/h3-6H2,1-2H3. The first-order valence-electron chi connectivity index (χ1n) is 4.16. The monoisotopic (exact) mass is 222 g/mol. The Morgan fingerprint density at radius 1 is 1.17 bits per heavy atom. The highest BCUT2D eigenvalue weighted by atomic mass is 33.1. The Morgan fingerprint density at radius 2 is 1.58 bits per heavy atom. The molecule has 1 saturated heterocycles. The van der Waals surface area contributed by atoms with Gasteiger partial charge >= 0.3 is 0 Å². The summed E-state index contributed by atoms with van der Waals surface area (Å²) in [7, 11) is -0.416. The zero-order valence-corrected chi connectivity index (χ0v) is 9.90. The van der Waals surface area contributed by atoms with Gasteiger partial charge in [-0.2, -0.15) is 0 Å². The predicted octanol–water partition coefficient (Wildman–Crippen LogP) is 0.273. The van der Waals surface area contributed by atoms with Crippen molar-refractivity contribution in [3.63, 3.8) is 0 Å². The molecular formula is C7H14N2S3. The molecule has 0 aliphatic carbocycles. The lowest BCUT2D eigenvalue weighted by Crippen LogP contribution is -2.33. The summed E-state index contributed by atoms with van der Waals surface area (Å²) in [6.07, 6.45) is 0. The summed E-state index contributed by atoms with van der Waals surface area (Å²) in [6.45, 7) is 8.55. The smallest absolute Gasteiger partial charge is 0.131 e. The predicted molar refractivity (Wildman–Crippen MR) is 61.6 cm³/mol. The van der Waals surface area contributed by atoms with Gasteiger partial charge in [0.15, 0.2) is 0 Å². The van der Waals surface area contributed by atoms with E-state index >= 15 is 0 Å². The van der Waals surface area contributed by atoms with Gasteiger partial charge in [-0.25, -0.2) is 0 Å². The van der Waals surface area contributed by atoms with E-state index in [9.17, 15) is 0 Å². The van der Waals surface area contributed by atoms with E-state index < -0.39 is 7.60 Å². The summed E-state index contributed by atoms with van der Waals surface area (Å²) in [4.78, 5) is 4.60. The molecule has 0 aromatic rings. The molecule has 0 N–H and O–H groups in total. The fourth-order valence-corrected chi connectivity index (χ4v) is 3.56. The minimum Gasteiger partial charge on any atom is -0.255 e. The van der Waals surface area contributed by atoms with E-state index in [2.05, 4.69) is 23.6 Å². The number of hydrogen-bond acceptors (Lipinski definition) is 2. The molecule has 12 heavy (non-hydrogen) atoms. The second-order valence-electron chi connectivity index (χ2n) is 2.68. The Balaban J connectivity index is 2.96. The lowest BCUT2D eigenvalue weighted by Gasteiger charge is -2.16. The summed E-state index contributed by atoms with van der Waals surface area (Å²) in [5.74, 6) is 0. The molecule has 0 unspecified atom stereocenters. The summed E-state index contributed by atoms with van der Waals surface area (Å²) in [6, 6.07) is 0. The van der Waals surface area contributed by atoms with Crippen molar-refractivity contribution >= 4 is 35.1 Å². The van der Waals surface area contributed by atoms with Gasteiger partial charge in [-0.05, 0) is 30.0 Å². The van der Waals surface area contributed by atoms with Crippen molar-refractivity contribution in [2.75, 3.05) is 26.2 Å². The van der Waals surface area contributed by atoms with Crippen LogP contribution in [0.5, 0.6) is 0 Å². The van der Waals surface area contributed by atoms with Crippen molar-refractivity contribution in [2.45, 2.75) is 13.8 Å². The highest BCUT2D eigenvalue weighted by molar-refractivity contribution is 8.45. The van der Waals surface area contributed by atoms with Crippen molar-refractivity contribution in [1.29, 1.82) is 0 Å². The van der Waals surface area contributed by atoms with Gasteiger partial charge in [-0.3, -0.25) is 9.80 Å². The van der Waals surface area contributed by atoms with Crippen molar-refractivity contribution in [3.8, 4) is 0 Å². The van der Waals surface area contributed by atoms with Crippen LogP contribution in [0.4, 0.5) is 0 Å². The van der Waals surface area contributed by atoms with E-state index in [0.29, 0.717) is 0 Å². The molecule has 1 heterocycles. The molecule has 1 rings (SSSR count). The molecule has 0 atom stereocenters. The molecular weight excluding hydrogens is 208 g/mol. The fraction of sp³-hybridized carbons (Fsp3) is 0.857. The first-order valence-corrected chi connectivity index (χ1v) is 7.24. The molecule has 0 radical (unpaired) electrons. The average Bonchev–Trinajstić information content (AvgIpc) is 2.46. The number of likely N-dealkylation sites (N-methyl/N-ethyl adjacent to an activating group) is 2. The van der Waals surface area contributed by atoms with Crippen molar-refractivity contribution in [1.82, 2.24) is 9.80 Å². The van der Waals surface area contributed by atoms with Crippen LogP contribution in [0.25, 0.3) is 0 Å². The third-order valence-corrected chi connectivity index (χ3v) is 3.80. The maximum atomic E-state index is 5.15. The molecule has 0 bridgehead atoms. The average molecular weight is 222 g/mol. The molecule has 0 saturated carbocycles. The van der Waals surface area contributed by atoms with Crippen LogP contribution in [0.2, 0.25) is 0 Å². The van der Waals surface area contributed by atoms with E-state index in [1.54, 1.807) is 0 Å². The van der Waals surface area contributed by atoms with Crippen molar-refractivity contribution < 1.29 is 0 Å². The van der Waals surface area contributed by atoms with Gasteiger partial charge in [-0.1, -0.05) is 13.8 Å². The Bertz CT molecular complexity index is 259. The number of nitrogens with zero attached hydrogens (tertiary/aromatic N) is 2. The maximum absolute atomic E-state index is 5.15. The topological polar surface area (TPSA) is 6.48 Å². The Hall–Kier alpha value is 0.450. The largest absolute Gasteiger partial charge is 0.255 e. The summed E-state index contributed by atoms with van der Waals surface area (Å²) < 4.78 is 0. The van der Waals surface area contributed by atoms with Crippen LogP contribution in [0.3, 0.4) is 0 Å². The highest BCUT2D eigenvalue weighted by Gasteiger charge is 2.23. The Morgan fingerprint density at radius 3 is 1.83 bits per heavy atom. The van der Waals surface area contributed by atoms with Gasteiger partial charge < -0.3 is 0 Å². The Labute approximate surface area is 85.0 Å². The van der Waals surface area contributed by atoms with E-state index in [1.165, 1.54) is 5.11 Å². The minimum absolute atomic E-state index is 0.416. The van der Waals surface area contributed by atoms with Crippen LogP contribution in [-0.2, 0) is 30.0 Å². The zero-order valence-electron chi connectivity index (χ0n) is 7.45. The summed E-state index contributed by atoms with van der Waals surface area (Å²) >= 11 is 10.3. The molecule has 1 fully saturated rings. The molecule has 70 valence electrons. The molecule has 0 aromatic carbocycles. The van der Waals surface area contributed by atoms with Crippen LogP contribution in [0.15, 0.2) is 0 Å². The maximum Gasteiger partial charge on any atom is 0.131 e. The molecule has 5 heteroatoms. The second kappa shape index (κ2) is 4.62. The van der Waals surface area contributed by atoms with Gasteiger partial charge in [0.2, 0.25) is 0 Å². The van der Waals surface area contributed by atoms with Gasteiger partial charge in [0, 0.05) is 26.2 Å². The SMILES string of the molecule is CCN1CCN(CC)C1=S(=S)=S. The number of rotatable bonds is 2. The van der Waals surface area contributed by atoms with Crippen LogP contribution < -0.4 is 0 Å². The lowest BCUT2D eigenvalue weighted by molar-refractivity contribution is 0.486. The quantitative estimate of drug-likeness (QED) is 0.619. The van der Waals surface area contributed by atoms with Crippen molar-refractivity contribution in [3.05, 3.63) is 0 Å². The second-order valence-corrected chi connectivity index (χ2v) is 6.14. The molecule has 0 amide bonds. The summed E-state index contributed by atoms with van der Waals surface area (Å²) in [5, 5.41) is 1.20. The van der Waals surface area contributed by atoms with E-state index in [-0.39, 0.29) is 0 Å². The van der Waals surface area contributed by atoms with Crippen LogP contribution in [0.1, 0.15) is 13.8 Å². The van der Waals surface area contributed by atoms with Crippen molar-refractivity contribution in [2.24, 2.45) is 0 Å². The molecule has 1 aliphatic heterocycles. The van der Waals surface area contributed by atoms with Gasteiger partial charge in [0.1, 0.15) is 5.11 Å². The van der Waals surface area contributed by atoms with E-state index in [0.717, 1.165) is 26.2 Å². The molecule has 0 aromatic heterocycles. The Kier molecular flexibility index (Phi) is 4.05. The molecule has 1 aliphatic rings. The van der Waals surface area contributed by atoms with Gasteiger partial charge in [0.05, 0.1) is 0 Å². The third-order valence-electron chi connectivity index (χ3n) is 2.09. The van der Waals surface area contributed by atoms with Crippen LogP contribution in [-0.4, -0.2) is 41.1 Å². The lowest BCUT2D eigenvalue weighted by atomic mass is 10.6. The molecule has 0 spiro atoms. The number of hydrogen-bond donors (Lipinski definition) is 0.